The number of carbonyl (C=O) groups is 1. The largest absolute Gasteiger partial charge is 0.497 e. The molecule has 28 heavy (non-hydrogen) atoms. The minimum Gasteiger partial charge on any atom is -0.497 e. The fourth-order valence-electron chi connectivity index (χ4n) is 4.90. The second-order valence-corrected chi connectivity index (χ2v) is 7.58. The van der Waals surface area contributed by atoms with Crippen molar-refractivity contribution in [3.8, 4) is 23.0 Å². The molecule has 3 aliphatic rings. The summed E-state index contributed by atoms with van der Waals surface area (Å²) in [7, 11) is 5.41. The number of rotatable bonds is 3. The van der Waals surface area contributed by atoms with Crippen LogP contribution in [0.2, 0.25) is 0 Å². The van der Waals surface area contributed by atoms with Crippen molar-refractivity contribution in [1.29, 1.82) is 0 Å². The Morgan fingerprint density at radius 2 is 2.00 bits per heavy atom. The van der Waals surface area contributed by atoms with Crippen LogP contribution in [0.3, 0.4) is 0 Å². The van der Waals surface area contributed by atoms with Crippen LogP contribution in [-0.2, 0) is 6.42 Å². The lowest BCUT2D eigenvalue weighted by Gasteiger charge is -2.39. The maximum Gasteiger partial charge on any atom is 0.231 e. The van der Waals surface area contributed by atoms with Gasteiger partial charge in [0.05, 0.1) is 14.2 Å². The third-order valence-corrected chi connectivity index (χ3v) is 6.20. The fraction of sp³-hybridized carbons (Fsp3) is 0.409. The third kappa shape index (κ3) is 2.41. The van der Waals surface area contributed by atoms with Gasteiger partial charge in [-0.2, -0.15) is 0 Å². The van der Waals surface area contributed by atoms with Crippen molar-refractivity contribution < 1.29 is 23.7 Å². The maximum absolute atomic E-state index is 12.8. The van der Waals surface area contributed by atoms with Crippen LogP contribution in [0.25, 0.3) is 0 Å². The molecule has 6 nitrogen and oxygen atoms in total. The monoisotopic (exact) mass is 381 g/mol. The van der Waals surface area contributed by atoms with E-state index in [1.54, 1.807) is 14.2 Å². The highest BCUT2D eigenvalue weighted by molar-refractivity contribution is 6.02. The smallest absolute Gasteiger partial charge is 0.231 e. The number of ether oxygens (including phenoxy) is 4. The Kier molecular flexibility index (Phi) is 3.98. The standard InChI is InChI=1S/C22H23NO5/c1-23-7-6-12-8-18-21(28-11-27-18)22(26-3)19(12)20(23)16-10-17(24)15-9-13(25-2)4-5-14(15)16/h4-5,8-9,16,20H,6-7,10-11H2,1-3H3. The number of likely N-dealkylation sites (N-methyl/N-ethyl adjacent to an activating group) is 1. The van der Waals surface area contributed by atoms with Crippen molar-refractivity contribution in [3.63, 3.8) is 0 Å². The van der Waals surface area contributed by atoms with Crippen LogP contribution in [0.15, 0.2) is 24.3 Å². The molecule has 0 aromatic heterocycles. The molecule has 2 unspecified atom stereocenters. The molecule has 0 amide bonds. The van der Waals surface area contributed by atoms with Gasteiger partial charge < -0.3 is 18.9 Å². The number of hydrogen-bond donors (Lipinski definition) is 0. The topological polar surface area (TPSA) is 57.2 Å². The highest BCUT2D eigenvalue weighted by Crippen LogP contribution is 2.54. The molecule has 0 spiro atoms. The van der Waals surface area contributed by atoms with Gasteiger partial charge in [-0.15, -0.1) is 0 Å². The summed E-state index contributed by atoms with van der Waals surface area (Å²) < 4.78 is 22.4. The Morgan fingerprint density at radius 1 is 1.14 bits per heavy atom. The van der Waals surface area contributed by atoms with Crippen molar-refractivity contribution in [2.75, 3.05) is 34.6 Å². The third-order valence-electron chi connectivity index (χ3n) is 6.20. The zero-order valence-electron chi connectivity index (χ0n) is 16.3. The van der Waals surface area contributed by atoms with Gasteiger partial charge in [-0.05, 0) is 42.8 Å². The Hall–Kier alpha value is -2.73. The molecule has 0 radical (unpaired) electrons. The number of methoxy groups -OCH3 is 2. The molecule has 2 aromatic rings. The van der Waals surface area contributed by atoms with Gasteiger partial charge in [0.25, 0.3) is 0 Å². The molecule has 2 aliphatic heterocycles. The van der Waals surface area contributed by atoms with E-state index >= 15 is 0 Å². The summed E-state index contributed by atoms with van der Waals surface area (Å²) in [6, 6.07) is 7.94. The Morgan fingerprint density at radius 3 is 2.79 bits per heavy atom. The van der Waals surface area contributed by atoms with Gasteiger partial charge in [-0.25, -0.2) is 0 Å². The number of fused-ring (bicyclic) bond motifs is 3. The summed E-state index contributed by atoms with van der Waals surface area (Å²) in [4.78, 5) is 15.1. The molecule has 2 aromatic carbocycles. The van der Waals surface area contributed by atoms with E-state index in [0.29, 0.717) is 17.9 Å². The van der Waals surface area contributed by atoms with E-state index < -0.39 is 0 Å². The number of Topliss-reactive ketones (excluding diaryl/α,β-unsaturated/α-hetero) is 1. The minimum atomic E-state index is 0.0341. The van der Waals surface area contributed by atoms with Crippen LogP contribution >= 0.6 is 0 Å². The molecule has 1 aliphatic carbocycles. The quantitative estimate of drug-likeness (QED) is 0.813. The van der Waals surface area contributed by atoms with E-state index in [1.807, 2.05) is 18.2 Å². The van der Waals surface area contributed by atoms with Crippen LogP contribution in [-0.4, -0.2) is 45.3 Å². The molecular weight excluding hydrogens is 358 g/mol. The van der Waals surface area contributed by atoms with Crippen LogP contribution in [0.1, 0.15) is 45.4 Å². The molecule has 0 bridgehead atoms. The summed E-state index contributed by atoms with van der Waals surface area (Å²) in [5, 5.41) is 0. The zero-order valence-corrected chi connectivity index (χ0v) is 16.3. The molecule has 2 heterocycles. The van der Waals surface area contributed by atoms with Crippen molar-refractivity contribution in [3.05, 3.63) is 46.5 Å². The van der Waals surface area contributed by atoms with E-state index in [4.69, 9.17) is 18.9 Å². The van der Waals surface area contributed by atoms with Crippen molar-refractivity contribution >= 4 is 5.78 Å². The van der Waals surface area contributed by atoms with Gasteiger partial charge in [0.15, 0.2) is 17.3 Å². The lowest BCUT2D eigenvalue weighted by atomic mass is 9.81. The summed E-state index contributed by atoms with van der Waals surface area (Å²) in [5.41, 5.74) is 4.17. The second kappa shape index (κ2) is 6.41. The maximum atomic E-state index is 12.8. The summed E-state index contributed by atoms with van der Waals surface area (Å²) >= 11 is 0. The normalized spacial score (nSPS) is 22.8. The predicted molar refractivity (Wildman–Crippen MR) is 103 cm³/mol. The van der Waals surface area contributed by atoms with Gasteiger partial charge >= 0.3 is 0 Å². The van der Waals surface area contributed by atoms with E-state index in [9.17, 15) is 4.79 Å². The zero-order chi connectivity index (χ0) is 19.4. The number of nitrogens with zero attached hydrogens (tertiary/aromatic N) is 1. The lowest BCUT2D eigenvalue weighted by Crippen LogP contribution is -2.35. The number of ketones is 1. The summed E-state index contributed by atoms with van der Waals surface area (Å²) in [6.07, 6.45) is 1.39. The summed E-state index contributed by atoms with van der Waals surface area (Å²) in [5.74, 6) is 3.08. The molecule has 6 heteroatoms. The van der Waals surface area contributed by atoms with Crippen molar-refractivity contribution in [1.82, 2.24) is 4.90 Å². The van der Waals surface area contributed by atoms with Crippen LogP contribution in [0.4, 0.5) is 0 Å². The van der Waals surface area contributed by atoms with E-state index in [2.05, 4.69) is 18.0 Å². The first kappa shape index (κ1) is 17.4. The highest BCUT2D eigenvalue weighted by Gasteiger charge is 2.43. The fourth-order valence-corrected chi connectivity index (χ4v) is 4.90. The van der Waals surface area contributed by atoms with Crippen molar-refractivity contribution in [2.45, 2.75) is 24.8 Å². The van der Waals surface area contributed by atoms with Crippen LogP contribution < -0.4 is 18.9 Å². The first-order valence-corrected chi connectivity index (χ1v) is 9.53. The van der Waals surface area contributed by atoms with E-state index in [1.165, 1.54) is 5.56 Å². The minimum absolute atomic E-state index is 0.0341. The van der Waals surface area contributed by atoms with Gasteiger partial charge in [0, 0.05) is 36.1 Å². The molecule has 0 saturated heterocycles. The van der Waals surface area contributed by atoms with Crippen molar-refractivity contribution in [2.24, 2.45) is 0 Å². The molecule has 5 rings (SSSR count). The Balaban J connectivity index is 1.66. The molecular formula is C22H23NO5. The second-order valence-electron chi connectivity index (χ2n) is 7.58. The van der Waals surface area contributed by atoms with Gasteiger partial charge in [0.1, 0.15) is 5.75 Å². The molecule has 146 valence electrons. The van der Waals surface area contributed by atoms with Gasteiger partial charge in [0.2, 0.25) is 12.5 Å². The van der Waals surface area contributed by atoms with Crippen LogP contribution in [0, 0.1) is 0 Å². The van der Waals surface area contributed by atoms with Gasteiger partial charge in [-0.3, -0.25) is 9.69 Å². The predicted octanol–water partition coefficient (Wildman–Crippen LogP) is 3.33. The van der Waals surface area contributed by atoms with E-state index in [-0.39, 0.29) is 24.5 Å². The SMILES string of the molecule is COc1ccc2c(c1)C(=O)CC2C1c2c(cc3c(c2OC)OCO3)CCN1C. The molecule has 0 saturated carbocycles. The Bertz CT molecular complexity index is 970. The van der Waals surface area contributed by atoms with Crippen LogP contribution in [0.5, 0.6) is 23.0 Å². The number of benzene rings is 2. The highest BCUT2D eigenvalue weighted by atomic mass is 16.7. The Labute approximate surface area is 163 Å². The molecule has 0 N–H and O–H groups in total. The first-order valence-electron chi connectivity index (χ1n) is 9.53. The number of carbonyl (C=O) groups excluding carboxylic acids is 1. The molecule has 2 atom stereocenters. The van der Waals surface area contributed by atoms with Gasteiger partial charge in [-0.1, -0.05) is 6.07 Å². The summed E-state index contributed by atoms with van der Waals surface area (Å²) in [6.45, 7) is 1.12. The number of hydrogen-bond acceptors (Lipinski definition) is 6. The first-order chi connectivity index (χ1) is 13.6. The average Bonchev–Trinajstić information content (AvgIpc) is 3.30. The average molecular weight is 381 g/mol. The van der Waals surface area contributed by atoms with E-state index in [0.717, 1.165) is 41.2 Å². The molecule has 0 fully saturated rings. The lowest BCUT2D eigenvalue weighted by molar-refractivity contribution is 0.0970.